The van der Waals surface area contributed by atoms with Crippen LogP contribution in [0.4, 0.5) is 11.4 Å². The highest BCUT2D eigenvalue weighted by atomic mass is 32.2. The molecule has 0 bridgehead atoms. The second-order valence-electron chi connectivity index (χ2n) is 3.37. The van der Waals surface area contributed by atoms with E-state index in [0.29, 0.717) is 0 Å². The molecule has 1 aromatic rings. The lowest BCUT2D eigenvalue weighted by molar-refractivity contribution is -0.384. The topological polar surface area (TPSA) is 119 Å². The first-order valence-corrected chi connectivity index (χ1v) is 5.92. The maximum atomic E-state index is 11.8. The molecule has 0 amide bonds. The Morgan fingerprint density at radius 2 is 2.00 bits per heavy atom. The fraction of sp³-hybridized carbons (Fsp3) is 0.250. The minimum absolute atomic E-state index is 0.0575. The molecular formula is C8H12N4O4S. The molecule has 0 saturated carbocycles. The van der Waals surface area contributed by atoms with E-state index >= 15 is 0 Å². The fourth-order valence-corrected chi connectivity index (χ4v) is 2.09. The second-order valence-corrected chi connectivity index (χ2v) is 5.52. The number of hydrazine groups is 1. The Morgan fingerprint density at radius 1 is 1.41 bits per heavy atom. The van der Waals surface area contributed by atoms with Gasteiger partial charge in [0.25, 0.3) is 5.69 Å². The molecule has 17 heavy (non-hydrogen) atoms. The van der Waals surface area contributed by atoms with E-state index in [1.165, 1.54) is 14.1 Å². The van der Waals surface area contributed by atoms with Crippen LogP contribution in [0.1, 0.15) is 0 Å². The molecule has 0 atom stereocenters. The van der Waals surface area contributed by atoms with Crippen molar-refractivity contribution >= 4 is 21.4 Å². The average molecular weight is 260 g/mol. The summed E-state index contributed by atoms with van der Waals surface area (Å²) in [7, 11) is -0.902. The molecule has 8 nitrogen and oxygen atoms in total. The van der Waals surface area contributed by atoms with Gasteiger partial charge in [0.05, 0.1) is 9.82 Å². The van der Waals surface area contributed by atoms with E-state index in [-0.39, 0.29) is 16.3 Å². The van der Waals surface area contributed by atoms with Crippen molar-refractivity contribution in [3.63, 3.8) is 0 Å². The normalized spacial score (nSPS) is 11.5. The van der Waals surface area contributed by atoms with E-state index in [1.54, 1.807) is 0 Å². The van der Waals surface area contributed by atoms with Crippen LogP contribution < -0.4 is 11.3 Å². The predicted molar refractivity (Wildman–Crippen MR) is 61.8 cm³/mol. The molecule has 3 N–H and O–H groups in total. The Kier molecular flexibility index (Phi) is 3.66. The van der Waals surface area contributed by atoms with Gasteiger partial charge in [0.15, 0.2) is 0 Å². The third-order valence-electron chi connectivity index (χ3n) is 2.10. The minimum atomic E-state index is -3.64. The van der Waals surface area contributed by atoms with Gasteiger partial charge in [0.1, 0.15) is 5.69 Å². The molecule has 0 radical (unpaired) electrons. The van der Waals surface area contributed by atoms with Crippen LogP contribution in [-0.2, 0) is 10.0 Å². The number of nitrogen functional groups attached to an aromatic ring is 1. The zero-order valence-electron chi connectivity index (χ0n) is 9.25. The molecule has 0 aliphatic carbocycles. The van der Waals surface area contributed by atoms with Crippen molar-refractivity contribution in [1.29, 1.82) is 0 Å². The number of nitrogens with one attached hydrogen (secondary N) is 1. The molecule has 9 heteroatoms. The molecular weight excluding hydrogens is 248 g/mol. The maximum Gasteiger partial charge on any atom is 0.293 e. The molecule has 0 saturated heterocycles. The van der Waals surface area contributed by atoms with Crippen molar-refractivity contribution in [3.05, 3.63) is 28.3 Å². The number of nitro benzene ring substituents is 1. The minimum Gasteiger partial charge on any atom is -0.318 e. The number of nitro groups is 1. The standard InChI is InChI=1S/C8H12N4O4S/c1-11(2)17(15,16)6-3-4-8(12(13)14)7(5-6)10-9/h3-5,10H,9H2,1-2H3. The average Bonchev–Trinajstić information content (AvgIpc) is 2.27. The summed E-state index contributed by atoms with van der Waals surface area (Å²) in [6.07, 6.45) is 0. The number of nitrogens with zero attached hydrogens (tertiary/aromatic N) is 2. The summed E-state index contributed by atoms with van der Waals surface area (Å²) in [6.45, 7) is 0. The van der Waals surface area contributed by atoms with E-state index in [4.69, 9.17) is 5.84 Å². The van der Waals surface area contributed by atoms with E-state index < -0.39 is 14.9 Å². The Labute approximate surface area is 98.2 Å². The van der Waals surface area contributed by atoms with Crippen molar-refractivity contribution in [3.8, 4) is 0 Å². The molecule has 0 unspecified atom stereocenters. The van der Waals surface area contributed by atoms with Gasteiger partial charge in [0, 0.05) is 20.2 Å². The first-order chi connectivity index (χ1) is 7.80. The number of benzene rings is 1. The zero-order chi connectivity index (χ0) is 13.2. The highest BCUT2D eigenvalue weighted by molar-refractivity contribution is 7.89. The van der Waals surface area contributed by atoms with Crippen LogP contribution in [0.25, 0.3) is 0 Å². The summed E-state index contributed by atoms with van der Waals surface area (Å²) in [4.78, 5) is 9.91. The summed E-state index contributed by atoms with van der Waals surface area (Å²) in [6, 6.07) is 3.37. The van der Waals surface area contributed by atoms with Crippen LogP contribution in [0, 0.1) is 10.1 Å². The molecule has 1 aromatic carbocycles. The molecule has 0 aromatic heterocycles. The number of nitrogens with two attached hydrogens (primary N) is 1. The number of anilines is 1. The fourth-order valence-electron chi connectivity index (χ4n) is 1.16. The van der Waals surface area contributed by atoms with Gasteiger partial charge in [-0.1, -0.05) is 0 Å². The quantitative estimate of drug-likeness (QED) is 0.451. The van der Waals surface area contributed by atoms with E-state index in [2.05, 4.69) is 5.43 Å². The van der Waals surface area contributed by atoms with Crippen LogP contribution >= 0.6 is 0 Å². The first-order valence-electron chi connectivity index (χ1n) is 4.48. The van der Waals surface area contributed by atoms with Gasteiger partial charge in [-0.25, -0.2) is 12.7 Å². The number of rotatable bonds is 4. The van der Waals surface area contributed by atoms with Crippen molar-refractivity contribution in [2.75, 3.05) is 19.5 Å². The molecule has 0 aliphatic rings. The maximum absolute atomic E-state index is 11.8. The number of sulfonamides is 1. The Morgan fingerprint density at radius 3 is 2.41 bits per heavy atom. The number of hydrogen-bond donors (Lipinski definition) is 2. The zero-order valence-corrected chi connectivity index (χ0v) is 10.1. The largest absolute Gasteiger partial charge is 0.318 e. The van der Waals surface area contributed by atoms with Crippen LogP contribution in [0.15, 0.2) is 23.1 Å². The van der Waals surface area contributed by atoms with Gasteiger partial charge in [-0.15, -0.1) is 0 Å². The Bertz CT molecular complexity index is 540. The van der Waals surface area contributed by atoms with Crippen LogP contribution in [0.2, 0.25) is 0 Å². The van der Waals surface area contributed by atoms with Crippen LogP contribution in [0.3, 0.4) is 0 Å². The Balaban J connectivity index is 3.38. The lowest BCUT2D eigenvalue weighted by Gasteiger charge is -2.12. The van der Waals surface area contributed by atoms with E-state index in [9.17, 15) is 18.5 Å². The lowest BCUT2D eigenvalue weighted by Crippen LogP contribution is -2.22. The van der Waals surface area contributed by atoms with Crippen molar-refractivity contribution in [2.24, 2.45) is 5.84 Å². The van der Waals surface area contributed by atoms with Crippen molar-refractivity contribution in [1.82, 2.24) is 4.31 Å². The third-order valence-corrected chi connectivity index (χ3v) is 3.91. The SMILES string of the molecule is CN(C)S(=O)(=O)c1ccc([N+](=O)[O-])c(NN)c1. The third kappa shape index (κ3) is 2.52. The molecule has 0 fully saturated rings. The summed E-state index contributed by atoms with van der Waals surface area (Å²) in [5.41, 5.74) is 1.76. The van der Waals surface area contributed by atoms with E-state index in [0.717, 1.165) is 22.5 Å². The molecule has 94 valence electrons. The molecule has 0 aliphatic heterocycles. The molecule has 1 rings (SSSR count). The van der Waals surface area contributed by atoms with Gasteiger partial charge in [0.2, 0.25) is 10.0 Å². The van der Waals surface area contributed by atoms with Gasteiger partial charge < -0.3 is 5.43 Å². The Hall–Kier alpha value is -1.71. The van der Waals surface area contributed by atoms with Gasteiger partial charge in [-0.05, 0) is 12.1 Å². The van der Waals surface area contributed by atoms with Crippen LogP contribution in [0.5, 0.6) is 0 Å². The molecule has 0 heterocycles. The van der Waals surface area contributed by atoms with Crippen molar-refractivity contribution < 1.29 is 13.3 Å². The van der Waals surface area contributed by atoms with Gasteiger partial charge in [-0.2, -0.15) is 0 Å². The first kappa shape index (κ1) is 13.4. The summed E-state index contributed by atoms with van der Waals surface area (Å²) in [5.74, 6) is 5.11. The monoisotopic (exact) mass is 260 g/mol. The predicted octanol–water partition coefficient (Wildman–Crippen LogP) is 0.131. The summed E-state index contributed by atoms with van der Waals surface area (Å²) in [5, 5.41) is 10.6. The van der Waals surface area contributed by atoms with E-state index in [1.807, 2.05) is 0 Å². The number of hydrogen-bond acceptors (Lipinski definition) is 6. The smallest absolute Gasteiger partial charge is 0.293 e. The van der Waals surface area contributed by atoms with Crippen molar-refractivity contribution in [2.45, 2.75) is 4.90 Å². The molecule has 0 spiro atoms. The summed E-state index contributed by atoms with van der Waals surface area (Å²) >= 11 is 0. The van der Waals surface area contributed by atoms with Crippen LogP contribution in [-0.4, -0.2) is 31.7 Å². The lowest BCUT2D eigenvalue weighted by atomic mass is 10.3. The van der Waals surface area contributed by atoms with Gasteiger partial charge in [-0.3, -0.25) is 16.0 Å². The van der Waals surface area contributed by atoms with Gasteiger partial charge >= 0.3 is 0 Å². The second kappa shape index (κ2) is 4.65. The highest BCUT2D eigenvalue weighted by Gasteiger charge is 2.21. The highest BCUT2D eigenvalue weighted by Crippen LogP contribution is 2.27. The summed E-state index contributed by atoms with van der Waals surface area (Å²) < 4.78 is 24.5.